The molecule has 2 saturated carbocycles. The molecule has 0 aromatic rings. The maximum atomic E-state index is 9.90. The zero-order valence-electron chi connectivity index (χ0n) is 13.5. The first-order chi connectivity index (χ1) is 9.59. The Labute approximate surface area is 124 Å². The molecule has 3 heteroatoms. The molecule has 0 amide bonds. The van der Waals surface area contributed by atoms with Gasteiger partial charge in [0.2, 0.25) is 0 Å². The van der Waals surface area contributed by atoms with Gasteiger partial charge in [-0.2, -0.15) is 0 Å². The first kappa shape index (κ1) is 16.3. The minimum Gasteiger partial charge on any atom is -0.394 e. The minimum absolute atomic E-state index is 0.181. The zero-order chi connectivity index (χ0) is 14.6. The summed E-state index contributed by atoms with van der Waals surface area (Å²) < 4.78 is 6.26. The summed E-state index contributed by atoms with van der Waals surface area (Å²) in [7, 11) is 0. The van der Waals surface area contributed by atoms with Gasteiger partial charge in [-0.15, -0.1) is 0 Å². The Morgan fingerprint density at radius 1 is 1.15 bits per heavy atom. The Balaban J connectivity index is 1.87. The molecule has 0 aliphatic heterocycles. The Morgan fingerprint density at radius 3 is 2.30 bits per heavy atom. The van der Waals surface area contributed by atoms with Crippen LogP contribution in [-0.2, 0) is 4.74 Å². The predicted molar refractivity (Wildman–Crippen MR) is 82.8 cm³/mol. The molecule has 0 heterocycles. The van der Waals surface area contributed by atoms with E-state index in [1.165, 1.54) is 32.1 Å². The van der Waals surface area contributed by atoms with E-state index in [9.17, 15) is 5.11 Å². The fraction of sp³-hybridized carbons (Fsp3) is 1.00. The Bertz CT molecular complexity index is 283. The van der Waals surface area contributed by atoms with Crippen molar-refractivity contribution in [1.82, 2.24) is 5.32 Å². The number of aliphatic hydroxyl groups excluding tert-OH is 1. The lowest BCUT2D eigenvalue weighted by atomic mass is 9.81. The summed E-state index contributed by atoms with van der Waals surface area (Å²) >= 11 is 0. The summed E-state index contributed by atoms with van der Waals surface area (Å²) in [5.41, 5.74) is -0.181. The van der Waals surface area contributed by atoms with Crippen molar-refractivity contribution >= 4 is 0 Å². The molecule has 2 N–H and O–H groups in total. The third-order valence-electron chi connectivity index (χ3n) is 5.08. The van der Waals surface area contributed by atoms with E-state index in [4.69, 9.17) is 4.74 Å². The van der Waals surface area contributed by atoms with Crippen LogP contribution in [-0.4, -0.2) is 36.5 Å². The average Bonchev–Trinajstić information content (AvgIpc) is 3.23. The van der Waals surface area contributed by atoms with Crippen molar-refractivity contribution in [1.29, 1.82) is 0 Å². The van der Waals surface area contributed by atoms with Crippen LogP contribution in [0.4, 0.5) is 0 Å². The van der Waals surface area contributed by atoms with Gasteiger partial charge in [-0.25, -0.2) is 0 Å². The molecule has 2 aliphatic rings. The second-order valence-electron chi connectivity index (χ2n) is 7.37. The third-order valence-corrected chi connectivity index (χ3v) is 5.08. The van der Waals surface area contributed by atoms with Crippen LogP contribution in [0.2, 0.25) is 0 Å². The van der Waals surface area contributed by atoms with Crippen LogP contribution >= 0.6 is 0 Å². The molecule has 3 nitrogen and oxygen atoms in total. The van der Waals surface area contributed by atoms with Gasteiger partial charge in [0.25, 0.3) is 0 Å². The molecule has 0 spiro atoms. The van der Waals surface area contributed by atoms with E-state index >= 15 is 0 Å². The molecule has 3 unspecified atom stereocenters. The van der Waals surface area contributed by atoms with E-state index in [-0.39, 0.29) is 12.1 Å². The summed E-state index contributed by atoms with van der Waals surface area (Å²) in [5.74, 6) is 2.16. The maximum Gasteiger partial charge on any atom is 0.0679 e. The van der Waals surface area contributed by atoms with Crippen LogP contribution in [0.25, 0.3) is 0 Å². The molecule has 0 aromatic carbocycles. The standard InChI is InChI=1S/C17H33NO2/c1-4-7-18-17(11-19,15-5-6-15)12-20-16-9-13(2)8-14(3)10-16/h13-16,18-19H,4-12H2,1-3H3. The Hall–Kier alpha value is -0.120. The molecule has 2 rings (SSSR count). The van der Waals surface area contributed by atoms with Crippen molar-refractivity contribution in [2.75, 3.05) is 19.8 Å². The molecule has 0 bridgehead atoms. The van der Waals surface area contributed by atoms with Gasteiger partial charge >= 0.3 is 0 Å². The van der Waals surface area contributed by atoms with E-state index in [0.717, 1.165) is 24.8 Å². The third kappa shape index (κ3) is 4.19. The fourth-order valence-corrected chi connectivity index (χ4v) is 3.83. The van der Waals surface area contributed by atoms with Gasteiger partial charge in [-0.3, -0.25) is 0 Å². The smallest absolute Gasteiger partial charge is 0.0679 e. The molecule has 0 aromatic heterocycles. The van der Waals surface area contributed by atoms with Crippen molar-refractivity contribution in [3.63, 3.8) is 0 Å². The summed E-state index contributed by atoms with van der Waals surface area (Å²) in [4.78, 5) is 0. The van der Waals surface area contributed by atoms with Gasteiger partial charge < -0.3 is 15.2 Å². The Kier molecular flexibility index (Phi) is 5.88. The number of nitrogens with one attached hydrogen (secondary N) is 1. The summed E-state index contributed by atoms with van der Waals surface area (Å²) in [6.45, 7) is 8.70. The lowest BCUT2D eigenvalue weighted by Crippen LogP contribution is -2.55. The maximum absolute atomic E-state index is 9.90. The lowest BCUT2D eigenvalue weighted by Gasteiger charge is -2.37. The topological polar surface area (TPSA) is 41.5 Å². The molecular weight excluding hydrogens is 250 g/mol. The molecule has 20 heavy (non-hydrogen) atoms. The molecule has 0 saturated heterocycles. The molecular formula is C17H33NO2. The van der Waals surface area contributed by atoms with E-state index < -0.39 is 0 Å². The monoisotopic (exact) mass is 283 g/mol. The van der Waals surface area contributed by atoms with Gasteiger partial charge in [0.15, 0.2) is 0 Å². The zero-order valence-corrected chi connectivity index (χ0v) is 13.5. The number of hydrogen-bond acceptors (Lipinski definition) is 3. The highest BCUT2D eigenvalue weighted by Gasteiger charge is 2.45. The summed E-state index contributed by atoms with van der Waals surface area (Å²) in [6.07, 6.45) is 7.67. The minimum atomic E-state index is -0.181. The van der Waals surface area contributed by atoms with Crippen molar-refractivity contribution in [3.05, 3.63) is 0 Å². The van der Waals surface area contributed by atoms with Crippen molar-refractivity contribution in [3.8, 4) is 0 Å². The van der Waals surface area contributed by atoms with Crippen molar-refractivity contribution < 1.29 is 9.84 Å². The SMILES string of the molecule is CCCNC(CO)(COC1CC(C)CC(C)C1)C1CC1. The quantitative estimate of drug-likeness (QED) is 0.719. The van der Waals surface area contributed by atoms with Crippen molar-refractivity contribution in [2.24, 2.45) is 17.8 Å². The van der Waals surface area contributed by atoms with Gasteiger partial charge in [0.05, 0.1) is 24.9 Å². The number of rotatable bonds is 8. The van der Waals surface area contributed by atoms with E-state index in [2.05, 4.69) is 26.1 Å². The van der Waals surface area contributed by atoms with E-state index in [0.29, 0.717) is 18.6 Å². The molecule has 2 fully saturated rings. The predicted octanol–water partition coefficient (Wildman–Crippen LogP) is 2.97. The average molecular weight is 283 g/mol. The molecule has 0 radical (unpaired) electrons. The normalized spacial score (nSPS) is 33.9. The first-order valence-electron chi connectivity index (χ1n) is 8.57. The lowest BCUT2D eigenvalue weighted by molar-refractivity contribution is -0.0467. The number of hydrogen-bond donors (Lipinski definition) is 2. The molecule has 2 aliphatic carbocycles. The van der Waals surface area contributed by atoms with Crippen LogP contribution in [0.5, 0.6) is 0 Å². The van der Waals surface area contributed by atoms with Gasteiger partial charge in [-0.1, -0.05) is 20.8 Å². The Morgan fingerprint density at radius 2 is 1.80 bits per heavy atom. The van der Waals surface area contributed by atoms with Gasteiger partial charge in [0, 0.05) is 0 Å². The van der Waals surface area contributed by atoms with Crippen LogP contribution in [0.3, 0.4) is 0 Å². The second kappa shape index (κ2) is 7.24. The highest BCUT2D eigenvalue weighted by molar-refractivity contribution is 5.01. The highest BCUT2D eigenvalue weighted by Crippen LogP contribution is 2.40. The second-order valence-corrected chi connectivity index (χ2v) is 7.37. The van der Waals surface area contributed by atoms with Crippen LogP contribution in [0.15, 0.2) is 0 Å². The van der Waals surface area contributed by atoms with Crippen molar-refractivity contribution in [2.45, 2.75) is 70.9 Å². The number of ether oxygens (including phenoxy) is 1. The van der Waals surface area contributed by atoms with Gasteiger partial charge in [-0.05, 0) is 62.8 Å². The molecule has 3 atom stereocenters. The fourth-order valence-electron chi connectivity index (χ4n) is 3.83. The molecule has 118 valence electrons. The highest BCUT2D eigenvalue weighted by atomic mass is 16.5. The van der Waals surface area contributed by atoms with E-state index in [1.807, 2.05) is 0 Å². The van der Waals surface area contributed by atoms with Crippen LogP contribution in [0.1, 0.15) is 59.3 Å². The van der Waals surface area contributed by atoms with Crippen LogP contribution < -0.4 is 5.32 Å². The summed E-state index contributed by atoms with van der Waals surface area (Å²) in [6, 6.07) is 0. The van der Waals surface area contributed by atoms with Gasteiger partial charge in [0.1, 0.15) is 0 Å². The van der Waals surface area contributed by atoms with Crippen LogP contribution in [0, 0.1) is 17.8 Å². The number of aliphatic hydroxyl groups is 1. The largest absolute Gasteiger partial charge is 0.394 e. The summed E-state index contributed by atoms with van der Waals surface area (Å²) in [5, 5.41) is 13.5. The van der Waals surface area contributed by atoms with E-state index in [1.54, 1.807) is 0 Å². The first-order valence-corrected chi connectivity index (χ1v) is 8.57.